The van der Waals surface area contributed by atoms with Crippen molar-refractivity contribution in [3.05, 3.63) is 64.2 Å². The Morgan fingerprint density at radius 1 is 1.00 bits per heavy atom. The largest absolute Gasteiger partial charge is 0.362 e. The molecule has 3 rings (SSSR count). The molecule has 1 heterocycles. The van der Waals surface area contributed by atoms with E-state index in [9.17, 15) is 23.3 Å². The highest BCUT2D eigenvalue weighted by atomic mass is 32.2. The number of hydrogen-bond acceptors (Lipinski definition) is 6. The normalized spacial score (nSPS) is 14.9. The van der Waals surface area contributed by atoms with Gasteiger partial charge in [0.2, 0.25) is 0 Å². The quantitative estimate of drug-likeness (QED) is 0.585. The molecule has 0 aliphatic carbocycles. The molecule has 0 radical (unpaired) electrons. The standard InChI is InChI=1S/C18H19N3O5S/c1-27(25,26)15-8-6-14(7-9-15)18(22)20-12-10-19(11-13-20)16-4-2-3-5-17(16)21(23)24/h2-9H,10-13H2,1H3. The van der Waals surface area contributed by atoms with Crippen molar-refractivity contribution in [2.45, 2.75) is 4.90 Å². The number of sulfone groups is 1. The average molecular weight is 389 g/mol. The summed E-state index contributed by atoms with van der Waals surface area (Å²) < 4.78 is 23.0. The lowest BCUT2D eigenvalue weighted by molar-refractivity contribution is -0.384. The van der Waals surface area contributed by atoms with E-state index in [2.05, 4.69) is 0 Å². The third kappa shape index (κ3) is 4.08. The third-order valence-corrected chi connectivity index (χ3v) is 5.64. The molecule has 142 valence electrons. The zero-order valence-electron chi connectivity index (χ0n) is 14.7. The fraction of sp³-hybridized carbons (Fsp3) is 0.278. The summed E-state index contributed by atoms with van der Waals surface area (Å²) in [6.07, 6.45) is 1.12. The van der Waals surface area contributed by atoms with Crippen LogP contribution in [0, 0.1) is 10.1 Å². The van der Waals surface area contributed by atoms with Gasteiger partial charge in [0.25, 0.3) is 11.6 Å². The zero-order chi connectivity index (χ0) is 19.6. The lowest BCUT2D eigenvalue weighted by atomic mass is 10.1. The average Bonchev–Trinajstić information content (AvgIpc) is 2.67. The second kappa shape index (κ2) is 7.36. The van der Waals surface area contributed by atoms with Crippen LogP contribution >= 0.6 is 0 Å². The van der Waals surface area contributed by atoms with Gasteiger partial charge in [-0.05, 0) is 30.3 Å². The second-order valence-electron chi connectivity index (χ2n) is 6.32. The highest BCUT2D eigenvalue weighted by molar-refractivity contribution is 7.90. The zero-order valence-corrected chi connectivity index (χ0v) is 15.6. The van der Waals surface area contributed by atoms with E-state index in [1.165, 1.54) is 30.3 Å². The summed E-state index contributed by atoms with van der Waals surface area (Å²) in [6.45, 7) is 1.83. The number of benzene rings is 2. The molecule has 1 amide bonds. The van der Waals surface area contributed by atoms with Gasteiger partial charge in [-0.3, -0.25) is 14.9 Å². The number of carbonyl (C=O) groups excluding carboxylic acids is 1. The molecule has 1 saturated heterocycles. The molecule has 1 aliphatic rings. The van der Waals surface area contributed by atoms with E-state index < -0.39 is 14.8 Å². The number of hydrogen-bond donors (Lipinski definition) is 0. The lowest BCUT2D eigenvalue weighted by Crippen LogP contribution is -2.48. The van der Waals surface area contributed by atoms with Crippen LogP contribution < -0.4 is 4.90 Å². The van der Waals surface area contributed by atoms with Crippen molar-refractivity contribution in [1.29, 1.82) is 0 Å². The Bertz CT molecular complexity index is 965. The van der Waals surface area contributed by atoms with Crippen molar-refractivity contribution in [1.82, 2.24) is 4.90 Å². The fourth-order valence-corrected chi connectivity index (χ4v) is 3.69. The Morgan fingerprint density at radius 2 is 1.59 bits per heavy atom. The van der Waals surface area contributed by atoms with Crippen LogP contribution in [0.25, 0.3) is 0 Å². The monoisotopic (exact) mass is 389 g/mol. The maximum absolute atomic E-state index is 12.6. The highest BCUT2D eigenvalue weighted by Gasteiger charge is 2.26. The third-order valence-electron chi connectivity index (χ3n) is 4.52. The number of piperazine rings is 1. The van der Waals surface area contributed by atoms with Crippen LogP contribution in [0.3, 0.4) is 0 Å². The number of amides is 1. The van der Waals surface area contributed by atoms with Crippen LogP contribution in [0.1, 0.15) is 10.4 Å². The minimum absolute atomic E-state index is 0.0497. The van der Waals surface area contributed by atoms with Crippen molar-refractivity contribution in [2.75, 3.05) is 37.3 Å². The summed E-state index contributed by atoms with van der Waals surface area (Å²) >= 11 is 0. The number of carbonyl (C=O) groups is 1. The molecule has 27 heavy (non-hydrogen) atoms. The number of para-hydroxylation sites is 2. The Balaban J connectivity index is 1.69. The van der Waals surface area contributed by atoms with Crippen molar-refractivity contribution < 1.29 is 18.1 Å². The molecule has 0 bridgehead atoms. The van der Waals surface area contributed by atoms with Crippen LogP contribution in [-0.2, 0) is 9.84 Å². The number of nitro benzene ring substituents is 1. The van der Waals surface area contributed by atoms with Crippen molar-refractivity contribution in [2.24, 2.45) is 0 Å². The summed E-state index contributed by atoms with van der Waals surface area (Å²) in [6, 6.07) is 12.4. The number of nitro groups is 1. The molecule has 1 fully saturated rings. The van der Waals surface area contributed by atoms with E-state index in [0.29, 0.717) is 37.4 Å². The first-order valence-corrected chi connectivity index (χ1v) is 10.2. The van der Waals surface area contributed by atoms with Crippen LogP contribution in [0.2, 0.25) is 0 Å². The van der Waals surface area contributed by atoms with Crippen molar-refractivity contribution >= 4 is 27.1 Å². The topological polar surface area (TPSA) is 101 Å². The van der Waals surface area contributed by atoms with Crippen LogP contribution in [0.5, 0.6) is 0 Å². The fourth-order valence-electron chi connectivity index (χ4n) is 3.06. The molecular weight excluding hydrogens is 370 g/mol. The summed E-state index contributed by atoms with van der Waals surface area (Å²) in [7, 11) is -3.31. The van der Waals surface area contributed by atoms with Crippen LogP contribution in [0.4, 0.5) is 11.4 Å². The molecule has 8 nitrogen and oxygen atoms in total. The summed E-state index contributed by atoms with van der Waals surface area (Å²) in [4.78, 5) is 27.1. The second-order valence-corrected chi connectivity index (χ2v) is 8.34. The molecule has 2 aromatic carbocycles. The Hall–Kier alpha value is -2.94. The number of rotatable bonds is 4. The molecule has 9 heteroatoms. The Kier molecular flexibility index (Phi) is 5.13. The molecule has 0 unspecified atom stereocenters. The molecule has 0 aromatic heterocycles. The summed E-state index contributed by atoms with van der Waals surface area (Å²) in [5.41, 5.74) is 1.02. The highest BCUT2D eigenvalue weighted by Crippen LogP contribution is 2.28. The Labute approximate surface area is 157 Å². The molecule has 0 spiro atoms. The molecule has 0 N–H and O–H groups in total. The molecule has 2 aromatic rings. The van der Waals surface area contributed by atoms with E-state index in [1.54, 1.807) is 23.1 Å². The van der Waals surface area contributed by atoms with Gasteiger partial charge in [0, 0.05) is 44.1 Å². The van der Waals surface area contributed by atoms with Gasteiger partial charge in [-0.25, -0.2) is 8.42 Å². The molecule has 0 saturated carbocycles. The molecule has 0 atom stereocenters. The van der Waals surface area contributed by atoms with Crippen molar-refractivity contribution in [3.63, 3.8) is 0 Å². The maximum Gasteiger partial charge on any atom is 0.292 e. The van der Waals surface area contributed by atoms with Gasteiger partial charge in [0.15, 0.2) is 9.84 Å². The molecular formula is C18H19N3O5S. The minimum atomic E-state index is -3.31. The van der Waals surface area contributed by atoms with E-state index in [0.717, 1.165) is 6.26 Å². The van der Waals surface area contributed by atoms with E-state index in [4.69, 9.17) is 0 Å². The first kappa shape index (κ1) is 18.8. The van der Waals surface area contributed by atoms with Crippen LogP contribution in [0.15, 0.2) is 53.4 Å². The smallest absolute Gasteiger partial charge is 0.292 e. The van der Waals surface area contributed by atoms with Crippen LogP contribution in [-0.4, -0.2) is 56.6 Å². The van der Waals surface area contributed by atoms with E-state index in [-0.39, 0.29) is 16.5 Å². The van der Waals surface area contributed by atoms with Gasteiger partial charge in [0.05, 0.1) is 9.82 Å². The minimum Gasteiger partial charge on any atom is -0.362 e. The van der Waals surface area contributed by atoms with E-state index >= 15 is 0 Å². The lowest BCUT2D eigenvalue weighted by Gasteiger charge is -2.35. The van der Waals surface area contributed by atoms with Gasteiger partial charge < -0.3 is 9.80 Å². The first-order chi connectivity index (χ1) is 12.8. The van der Waals surface area contributed by atoms with Gasteiger partial charge in [-0.15, -0.1) is 0 Å². The predicted molar refractivity (Wildman–Crippen MR) is 101 cm³/mol. The van der Waals surface area contributed by atoms with Gasteiger partial charge >= 0.3 is 0 Å². The van der Waals surface area contributed by atoms with Gasteiger partial charge in [0.1, 0.15) is 5.69 Å². The Morgan fingerprint density at radius 3 is 2.15 bits per heavy atom. The number of anilines is 1. The molecule has 1 aliphatic heterocycles. The van der Waals surface area contributed by atoms with Crippen molar-refractivity contribution in [3.8, 4) is 0 Å². The SMILES string of the molecule is CS(=O)(=O)c1ccc(C(=O)N2CCN(c3ccccc3[N+](=O)[O-])CC2)cc1. The van der Waals surface area contributed by atoms with Gasteiger partial charge in [-0.2, -0.15) is 0 Å². The summed E-state index contributed by atoms with van der Waals surface area (Å²) in [5, 5.41) is 11.2. The summed E-state index contributed by atoms with van der Waals surface area (Å²) in [5.74, 6) is -0.183. The van der Waals surface area contributed by atoms with Gasteiger partial charge in [-0.1, -0.05) is 12.1 Å². The number of nitrogens with zero attached hydrogens (tertiary/aromatic N) is 3. The first-order valence-electron chi connectivity index (χ1n) is 8.35. The van der Waals surface area contributed by atoms with E-state index in [1.807, 2.05) is 4.90 Å². The predicted octanol–water partition coefficient (Wildman–Crippen LogP) is 1.96. The maximum atomic E-state index is 12.6.